The monoisotopic (exact) mass is 138 g/mol. The van der Waals surface area contributed by atoms with Crippen molar-refractivity contribution in [2.75, 3.05) is 0 Å². The first-order valence-corrected chi connectivity index (χ1v) is 3.95. The Hall–Kier alpha value is -0.520. The minimum absolute atomic E-state index is 0.815. The summed E-state index contributed by atoms with van der Waals surface area (Å²) in [5.41, 5.74) is 1.14. The summed E-state index contributed by atoms with van der Waals surface area (Å²) in [6.45, 7) is 10.3. The maximum Gasteiger partial charge on any atom is -0.0345 e. The zero-order chi connectivity index (χ0) is 7.98. The molecule has 0 aliphatic carbocycles. The Kier molecular flexibility index (Phi) is 5.00. The second-order valence-corrected chi connectivity index (χ2v) is 3.22. The van der Waals surface area contributed by atoms with E-state index in [1.165, 1.54) is 12.8 Å². The van der Waals surface area contributed by atoms with Crippen LogP contribution in [0.25, 0.3) is 0 Å². The van der Waals surface area contributed by atoms with E-state index in [0.29, 0.717) is 0 Å². The van der Waals surface area contributed by atoms with Gasteiger partial charge in [0, 0.05) is 0 Å². The van der Waals surface area contributed by atoms with E-state index in [-0.39, 0.29) is 0 Å². The van der Waals surface area contributed by atoms with Gasteiger partial charge in [0.15, 0.2) is 0 Å². The largest absolute Gasteiger partial charge is 0.0961 e. The van der Waals surface area contributed by atoms with Crippen LogP contribution in [0.5, 0.6) is 0 Å². The van der Waals surface area contributed by atoms with Gasteiger partial charge in [-0.05, 0) is 25.7 Å². The molecule has 0 bridgehead atoms. The van der Waals surface area contributed by atoms with E-state index in [4.69, 9.17) is 0 Å². The Bertz CT molecular complexity index is 118. The quantitative estimate of drug-likeness (QED) is 0.521. The molecule has 0 amide bonds. The van der Waals surface area contributed by atoms with Crippen molar-refractivity contribution in [1.29, 1.82) is 0 Å². The van der Waals surface area contributed by atoms with Crippen LogP contribution in [0.4, 0.5) is 0 Å². The first-order valence-electron chi connectivity index (χ1n) is 3.95. The highest BCUT2D eigenvalue weighted by Crippen LogP contribution is 2.04. The SMILES string of the molecule is C=C(C)C=CCCC(C)C. The average molecular weight is 138 g/mol. The van der Waals surface area contributed by atoms with Crippen molar-refractivity contribution in [1.82, 2.24) is 0 Å². The predicted molar refractivity (Wildman–Crippen MR) is 48.0 cm³/mol. The summed E-state index contributed by atoms with van der Waals surface area (Å²) < 4.78 is 0. The van der Waals surface area contributed by atoms with Crippen LogP contribution in [0, 0.1) is 5.92 Å². The van der Waals surface area contributed by atoms with Gasteiger partial charge in [-0.3, -0.25) is 0 Å². The summed E-state index contributed by atoms with van der Waals surface area (Å²) in [5, 5.41) is 0. The van der Waals surface area contributed by atoms with Gasteiger partial charge in [-0.1, -0.05) is 38.2 Å². The predicted octanol–water partition coefficient (Wildman–Crippen LogP) is 3.55. The average Bonchev–Trinajstić information content (AvgIpc) is 1.79. The highest BCUT2D eigenvalue weighted by Gasteiger charge is 1.88. The van der Waals surface area contributed by atoms with Crippen LogP contribution in [0.15, 0.2) is 24.3 Å². The normalized spacial score (nSPS) is 11.2. The van der Waals surface area contributed by atoms with Crippen LogP contribution in [-0.4, -0.2) is 0 Å². The van der Waals surface area contributed by atoms with Gasteiger partial charge < -0.3 is 0 Å². The molecule has 0 rings (SSSR count). The molecule has 58 valence electrons. The van der Waals surface area contributed by atoms with E-state index in [1.807, 2.05) is 6.92 Å². The number of hydrogen-bond donors (Lipinski definition) is 0. The Morgan fingerprint density at radius 3 is 2.50 bits per heavy atom. The molecule has 0 radical (unpaired) electrons. The van der Waals surface area contributed by atoms with Crippen LogP contribution in [-0.2, 0) is 0 Å². The van der Waals surface area contributed by atoms with Gasteiger partial charge in [-0.2, -0.15) is 0 Å². The second-order valence-electron chi connectivity index (χ2n) is 3.22. The van der Waals surface area contributed by atoms with Gasteiger partial charge in [0.25, 0.3) is 0 Å². The first kappa shape index (κ1) is 9.48. The maximum absolute atomic E-state index is 3.78. The van der Waals surface area contributed by atoms with E-state index in [9.17, 15) is 0 Å². The molecule has 0 unspecified atom stereocenters. The second kappa shape index (κ2) is 5.28. The van der Waals surface area contributed by atoms with Crippen LogP contribution in [0.1, 0.15) is 33.6 Å². The molecular formula is C10H18. The molecule has 0 spiro atoms. The van der Waals surface area contributed by atoms with Gasteiger partial charge in [0.05, 0.1) is 0 Å². The minimum Gasteiger partial charge on any atom is -0.0961 e. The maximum atomic E-state index is 3.78. The molecule has 0 saturated heterocycles. The molecule has 0 nitrogen and oxygen atoms in total. The summed E-state index contributed by atoms with van der Waals surface area (Å²) in [4.78, 5) is 0. The Balaban J connectivity index is 3.27. The van der Waals surface area contributed by atoms with E-state index in [2.05, 4.69) is 32.6 Å². The topological polar surface area (TPSA) is 0 Å². The third-order valence-corrected chi connectivity index (χ3v) is 1.31. The lowest BCUT2D eigenvalue weighted by molar-refractivity contribution is 0.594. The van der Waals surface area contributed by atoms with Gasteiger partial charge in [-0.25, -0.2) is 0 Å². The molecule has 0 aromatic rings. The van der Waals surface area contributed by atoms with Crippen LogP contribution in [0.3, 0.4) is 0 Å². The van der Waals surface area contributed by atoms with E-state index < -0.39 is 0 Å². The van der Waals surface area contributed by atoms with E-state index in [1.54, 1.807) is 0 Å². The third-order valence-electron chi connectivity index (χ3n) is 1.31. The minimum atomic E-state index is 0.815. The van der Waals surface area contributed by atoms with E-state index in [0.717, 1.165) is 11.5 Å². The molecule has 0 aliphatic rings. The lowest BCUT2D eigenvalue weighted by Gasteiger charge is -1.98. The zero-order valence-corrected chi connectivity index (χ0v) is 7.35. The van der Waals surface area contributed by atoms with Crippen molar-refractivity contribution in [2.45, 2.75) is 33.6 Å². The summed E-state index contributed by atoms with van der Waals surface area (Å²) in [6, 6.07) is 0. The van der Waals surface area contributed by atoms with Crippen molar-refractivity contribution in [3.8, 4) is 0 Å². The van der Waals surface area contributed by atoms with Crippen molar-refractivity contribution >= 4 is 0 Å². The Morgan fingerprint density at radius 1 is 1.50 bits per heavy atom. The molecular weight excluding hydrogens is 120 g/mol. The van der Waals surface area contributed by atoms with Crippen molar-refractivity contribution < 1.29 is 0 Å². The van der Waals surface area contributed by atoms with Gasteiger partial charge >= 0.3 is 0 Å². The molecule has 0 aromatic heterocycles. The zero-order valence-electron chi connectivity index (χ0n) is 7.35. The molecule has 10 heavy (non-hydrogen) atoms. The molecule has 0 saturated carbocycles. The molecule has 0 heterocycles. The highest BCUT2D eigenvalue weighted by atomic mass is 13.9. The summed E-state index contributed by atoms with van der Waals surface area (Å²) in [7, 11) is 0. The Labute approximate surface area is 64.6 Å². The summed E-state index contributed by atoms with van der Waals surface area (Å²) in [5.74, 6) is 0.815. The van der Waals surface area contributed by atoms with Crippen molar-refractivity contribution in [3.05, 3.63) is 24.3 Å². The highest BCUT2D eigenvalue weighted by molar-refractivity contribution is 5.10. The third kappa shape index (κ3) is 7.48. The molecule has 0 heteroatoms. The standard InChI is InChI=1S/C10H18/c1-9(2)7-5-6-8-10(3)4/h5,7,10H,1,6,8H2,2-4H3. The van der Waals surface area contributed by atoms with Gasteiger partial charge in [0.2, 0.25) is 0 Å². The summed E-state index contributed by atoms with van der Waals surface area (Å²) >= 11 is 0. The molecule has 0 atom stereocenters. The number of allylic oxidation sites excluding steroid dienone is 3. The molecule has 0 aliphatic heterocycles. The molecule has 0 N–H and O–H groups in total. The molecule has 0 fully saturated rings. The smallest absolute Gasteiger partial charge is 0.0345 e. The first-order chi connectivity index (χ1) is 4.63. The van der Waals surface area contributed by atoms with Crippen LogP contribution >= 0.6 is 0 Å². The fourth-order valence-electron chi connectivity index (χ4n) is 0.714. The Morgan fingerprint density at radius 2 is 2.10 bits per heavy atom. The molecule has 0 aromatic carbocycles. The van der Waals surface area contributed by atoms with E-state index >= 15 is 0 Å². The van der Waals surface area contributed by atoms with Crippen LogP contribution < -0.4 is 0 Å². The van der Waals surface area contributed by atoms with Crippen molar-refractivity contribution in [2.24, 2.45) is 5.92 Å². The fourth-order valence-corrected chi connectivity index (χ4v) is 0.714. The summed E-state index contributed by atoms with van der Waals surface area (Å²) in [6.07, 6.45) is 6.75. The lowest BCUT2D eigenvalue weighted by Crippen LogP contribution is -1.83. The van der Waals surface area contributed by atoms with Gasteiger partial charge in [0.1, 0.15) is 0 Å². The number of rotatable bonds is 4. The van der Waals surface area contributed by atoms with Crippen molar-refractivity contribution in [3.63, 3.8) is 0 Å². The van der Waals surface area contributed by atoms with Gasteiger partial charge in [-0.15, -0.1) is 0 Å². The lowest BCUT2D eigenvalue weighted by atomic mass is 10.1. The van der Waals surface area contributed by atoms with Crippen LogP contribution in [0.2, 0.25) is 0 Å². The number of hydrogen-bond acceptors (Lipinski definition) is 0. The fraction of sp³-hybridized carbons (Fsp3) is 0.600.